The van der Waals surface area contributed by atoms with Crippen LogP contribution in [-0.4, -0.2) is 34.3 Å². The lowest BCUT2D eigenvalue weighted by Crippen LogP contribution is -2.34. The molecule has 1 aromatic heterocycles. The molecule has 1 saturated heterocycles. The minimum Gasteiger partial charge on any atom is -0.304 e. The zero-order valence-electron chi connectivity index (χ0n) is 9.82. The fourth-order valence-corrected chi connectivity index (χ4v) is 2.32. The molecule has 0 N–H and O–H groups in total. The third kappa shape index (κ3) is 2.81. The van der Waals surface area contributed by atoms with E-state index in [4.69, 9.17) is 0 Å². The van der Waals surface area contributed by atoms with Gasteiger partial charge in [0.25, 0.3) is 0 Å². The second-order valence-corrected chi connectivity index (χ2v) is 4.62. The molecule has 2 heterocycles. The van der Waals surface area contributed by atoms with Crippen LogP contribution >= 0.6 is 0 Å². The molecule has 0 saturated carbocycles. The Hall–Kier alpha value is -0.830. The van der Waals surface area contributed by atoms with Gasteiger partial charge in [0.05, 0.1) is 6.20 Å². The van der Waals surface area contributed by atoms with E-state index in [1.165, 1.54) is 38.0 Å². The Morgan fingerprint density at radius 3 is 2.67 bits per heavy atom. The highest BCUT2D eigenvalue weighted by atomic mass is 15.3. The summed E-state index contributed by atoms with van der Waals surface area (Å²) in [6.07, 6.45) is 6.74. The average molecular weight is 207 g/mol. The molecule has 3 heteroatoms. The van der Waals surface area contributed by atoms with Crippen molar-refractivity contribution < 1.29 is 0 Å². The van der Waals surface area contributed by atoms with E-state index < -0.39 is 0 Å². The predicted octanol–water partition coefficient (Wildman–Crippen LogP) is 1.92. The van der Waals surface area contributed by atoms with Crippen LogP contribution in [0.3, 0.4) is 0 Å². The number of aryl methyl sites for hydroxylation is 1. The maximum atomic E-state index is 4.35. The molecule has 0 amide bonds. The molecule has 3 nitrogen and oxygen atoms in total. The molecular formula is C12H21N3. The second-order valence-electron chi connectivity index (χ2n) is 4.62. The first-order valence-electron chi connectivity index (χ1n) is 5.99. The van der Waals surface area contributed by atoms with Gasteiger partial charge in [-0.2, -0.15) is 5.10 Å². The molecule has 2 rings (SSSR count). The topological polar surface area (TPSA) is 21.1 Å². The number of hydrogen-bond acceptors (Lipinski definition) is 2. The van der Waals surface area contributed by atoms with Gasteiger partial charge in [-0.3, -0.25) is 4.68 Å². The molecular weight excluding hydrogens is 186 g/mol. The van der Waals surface area contributed by atoms with Crippen molar-refractivity contribution in [3.63, 3.8) is 0 Å². The summed E-state index contributed by atoms with van der Waals surface area (Å²) in [6.45, 7) is 9.18. The summed E-state index contributed by atoms with van der Waals surface area (Å²) < 4.78 is 2.10. The van der Waals surface area contributed by atoms with Gasteiger partial charge in [-0.05, 0) is 50.9 Å². The van der Waals surface area contributed by atoms with Crippen LogP contribution < -0.4 is 0 Å². The molecule has 0 aliphatic carbocycles. The smallest absolute Gasteiger partial charge is 0.0518 e. The molecule has 15 heavy (non-hydrogen) atoms. The Balaban J connectivity index is 1.82. The van der Waals surface area contributed by atoms with E-state index in [0.29, 0.717) is 0 Å². The SMILES string of the molecule is CCN1CCC(Cn2cc(C)cn2)CC1. The Bertz CT molecular complexity index is 298. The lowest BCUT2D eigenvalue weighted by molar-refractivity contribution is 0.178. The van der Waals surface area contributed by atoms with Crippen molar-refractivity contribution in [2.45, 2.75) is 33.2 Å². The molecule has 1 aliphatic rings. The summed E-state index contributed by atoms with van der Waals surface area (Å²) in [5, 5.41) is 4.35. The Morgan fingerprint density at radius 1 is 1.40 bits per heavy atom. The van der Waals surface area contributed by atoms with Crippen LogP contribution in [0.2, 0.25) is 0 Å². The monoisotopic (exact) mass is 207 g/mol. The lowest BCUT2D eigenvalue weighted by Gasteiger charge is -2.30. The minimum atomic E-state index is 0.826. The zero-order chi connectivity index (χ0) is 10.7. The fraction of sp³-hybridized carbons (Fsp3) is 0.750. The van der Waals surface area contributed by atoms with Gasteiger partial charge in [-0.25, -0.2) is 0 Å². The third-order valence-electron chi connectivity index (χ3n) is 3.36. The van der Waals surface area contributed by atoms with Crippen molar-refractivity contribution in [1.82, 2.24) is 14.7 Å². The maximum absolute atomic E-state index is 4.35. The van der Waals surface area contributed by atoms with Crippen molar-refractivity contribution in [2.75, 3.05) is 19.6 Å². The van der Waals surface area contributed by atoms with Crippen LogP contribution in [0.4, 0.5) is 0 Å². The van der Waals surface area contributed by atoms with E-state index in [0.717, 1.165) is 12.5 Å². The van der Waals surface area contributed by atoms with Gasteiger partial charge in [0.1, 0.15) is 0 Å². The second kappa shape index (κ2) is 4.79. The minimum absolute atomic E-state index is 0.826. The first-order valence-corrected chi connectivity index (χ1v) is 5.99. The van der Waals surface area contributed by atoms with Crippen LogP contribution in [0.25, 0.3) is 0 Å². The molecule has 0 radical (unpaired) electrons. The average Bonchev–Trinajstić information content (AvgIpc) is 2.65. The van der Waals surface area contributed by atoms with Crippen molar-refractivity contribution in [3.8, 4) is 0 Å². The first kappa shape index (κ1) is 10.7. The van der Waals surface area contributed by atoms with E-state index in [-0.39, 0.29) is 0 Å². The maximum Gasteiger partial charge on any atom is 0.0518 e. The van der Waals surface area contributed by atoms with Gasteiger partial charge in [0.15, 0.2) is 0 Å². The van der Waals surface area contributed by atoms with Crippen LogP contribution in [-0.2, 0) is 6.54 Å². The van der Waals surface area contributed by atoms with E-state index in [2.05, 4.69) is 34.7 Å². The summed E-state index contributed by atoms with van der Waals surface area (Å²) in [6, 6.07) is 0. The van der Waals surface area contributed by atoms with E-state index in [9.17, 15) is 0 Å². The largest absolute Gasteiger partial charge is 0.304 e. The van der Waals surface area contributed by atoms with Crippen molar-refractivity contribution in [3.05, 3.63) is 18.0 Å². The molecule has 1 aromatic rings. The van der Waals surface area contributed by atoms with Crippen molar-refractivity contribution in [2.24, 2.45) is 5.92 Å². The summed E-state index contributed by atoms with van der Waals surface area (Å²) in [5.41, 5.74) is 1.26. The summed E-state index contributed by atoms with van der Waals surface area (Å²) >= 11 is 0. The third-order valence-corrected chi connectivity index (χ3v) is 3.36. The van der Waals surface area contributed by atoms with E-state index >= 15 is 0 Å². The number of likely N-dealkylation sites (tertiary alicyclic amines) is 1. The molecule has 0 unspecified atom stereocenters. The van der Waals surface area contributed by atoms with Crippen LogP contribution in [0.5, 0.6) is 0 Å². The number of piperidine rings is 1. The van der Waals surface area contributed by atoms with Gasteiger partial charge in [-0.1, -0.05) is 6.92 Å². The molecule has 1 aliphatic heterocycles. The molecule has 0 atom stereocenters. The van der Waals surface area contributed by atoms with Gasteiger partial charge < -0.3 is 4.90 Å². The Kier molecular flexibility index (Phi) is 3.41. The number of aromatic nitrogens is 2. The zero-order valence-corrected chi connectivity index (χ0v) is 9.82. The fourth-order valence-electron chi connectivity index (χ4n) is 2.32. The van der Waals surface area contributed by atoms with E-state index in [1.807, 2.05) is 6.20 Å². The van der Waals surface area contributed by atoms with E-state index in [1.54, 1.807) is 0 Å². The summed E-state index contributed by atoms with van der Waals surface area (Å²) in [7, 11) is 0. The number of hydrogen-bond donors (Lipinski definition) is 0. The first-order chi connectivity index (χ1) is 7.28. The molecule has 0 spiro atoms. The van der Waals surface area contributed by atoms with Crippen molar-refractivity contribution in [1.29, 1.82) is 0 Å². The highest BCUT2D eigenvalue weighted by Crippen LogP contribution is 2.18. The summed E-state index contributed by atoms with van der Waals surface area (Å²) in [5.74, 6) is 0.826. The summed E-state index contributed by atoms with van der Waals surface area (Å²) in [4.78, 5) is 2.53. The van der Waals surface area contributed by atoms with Gasteiger partial charge in [-0.15, -0.1) is 0 Å². The standard InChI is InChI=1S/C12H21N3/c1-3-14-6-4-12(5-7-14)10-15-9-11(2)8-13-15/h8-9,12H,3-7,10H2,1-2H3. The molecule has 0 bridgehead atoms. The molecule has 1 fully saturated rings. The van der Waals surface area contributed by atoms with Crippen LogP contribution in [0, 0.1) is 12.8 Å². The Labute approximate surface area is 92.1 Å². The van der Waals surface area contributed by atoms with Gasteiger partial charge >= 0.3 is 0 Å². The van der Waals surface area contributed by atoms with Crippen LogP contribution in [0.1, 0.15) is 25.3 Å². The quantitative estimate of drug-likeness (QED) is 0.755. The van der Waals surface area contributed by atoms with Crippen molar-refractivity contribution >= 4 is 0 Å². The Morgan fingerprint density at radius 2 is 2.13 bits per heavy atom. The van der Waals surface area contributed by atoms with Crippen LogP contribution in [0.15, 0.2) is 12.4 Å². The normalized spacial score (nSPS) is 19.6. The number of nitrogens with zero attached hydrogens (tertiary/aromatic N) is 3. The lowest BCUT2D eigenvalue weighted by atomic mass is 9.97. The van der Waals surface area contributed by atoms with Gasteiger partial charge in [0, 0.05) is 12.7 Å². The highest BCUT2D eigenvalue weighted by molar-refractivity contribution is 4.99. The number of rotatable bonds is 3. The predicted molar refractivity (Wildman–Crippen MR) is 61.8 cm³/mol. The highest BCUT2D eigenvalue weighted by Gasteiger charge is 2.18. The molecule has 84 valence electrons. The van der Waals surface area contributed by atoms with Gasteiger partial charge in [0.2, 0.25) is 0 Å². The molecule has 0 aromatic carbocycles.